The van der Waals surface area contributed by atoms with E-state index in [0.29, 0.717) is 143 Å². The highest BCUT2D eigenvalue weighted by Crippen LogP contribution is 2.60. The lowest BCUT2D eigenvalue weighted by Crippen LogP contribution is -2.40. The molecule has 5 fully saturated rings. The zero-order chi connectivity index (χ0) is 86.0. The normalized spacial score (nSPS) is 20.3. The van der Waals surface area contributed by atoms with Gasteiger partial charge in [0.25, 0.3) is 0 Å². The lowest BCUT2D eigenvalue weighted by Gasteiger charge is -2.30. The van der Waals surface area contributed by atoms with Gasteiger partial charge in [-0.25, -0.2) is 24.0 Å². The van der Waals surface area contributed by atoms with E-state index in [1.54, 1.807) is 72.8 Å². The Kier molecular flexibility index (Phi) is 25.5. The fourth-order valence-corrected chi connectivity index (χ4v) is 19.8. The molecule has 21 rings (SSSR count). The maximum Gasteiger partial charge on any atom is 0.400 e. The third kappa shape index (κ3) is 19.4. The van der Waals surface area contributed by atoms with Crippen LogP contribution in [0.2, 0.25) is 25.1 Å². The van der Waals surface area contributed by atoms with Crippen molar-refractivity contribution in [3.63, 3.8) is 0 Å². The second-order valence-corrected chi connectivity index (χ2v) is 36.5. The molecule has 4 saturated carbocycles. The highest BCUT2D eigenvalue weighted by Gasteiger charge is 2.67. The molecule has 11 aliphatic rings. The molecule has 5 aromatic heterocycles. The Balaban J connectivity index is 0.000000110. The number of rotatable bonds is 10. The first kappa shape index (κ1) is 85.6. The molecule has 26 nitrogen and oxygen atoms in total. The molecule has 0 radical (unpaired) electrons. The standard InChI is InChI=1S/C19H21ClN4O.C19H23ClN4O.C18H19ClN4O.C17H16ClF3N4O.C17H19ClN4O2/c20-14-2-1-3-15(9-14)21-19(25)24-5-4-17-16(10-24)18(23-22-17)13-7-11-6-12(11)8-13;1-19(8-2-3-9-19)17-15-12-24(10-7-16(15)22-23-17)18(25)21-14-6-4-5-13(20)11-14;19-13-6-3-7-14(10-13)20-18(24)23-9-8-16-15(11-23)17(22-21-16)12-4-1-2-5-12;18-10-2-1-3-11(8-10)22-15(26)25-7-4-13-12(9-25)14(24-23-13)16(5-6-16)17(19,20)21;18-12-2-1-3-13(8-12)19-17(23)22-6-4-15-14(9-22)16(21-20-15)11-5-7-24-10-11/h1-3,9,11-13H,4-8,10H2,(H,21,25)(H,22,23);4-6,11H,2-3,7-10,12H2,1H3,(H,21,25)(H,22,23);1-3,6-7,10,12H,4-5,8-9,11H2,(H,20,24)(H,21,22);1-3,8H,4-7,9H2,(H,22,26)(H,23,24);1-3,8,11H,4-7,9-10H2,(H,19,23)(H,20,21). The Bertz CT molecular complexity index is 5480. The first-order valence-corrected chi connectivity index (χ1v) is 44.5. The van der Waals surface area contributed by atoms with Gasteiger partial charge in [0.15, 0.2) is 0 Å². The molecule has 1 saturated heterocycles. The van der Waals surface area contributed by atoms with Crippen molar-refractivity contribution in [1.29, 1.82) is 0 Å². The van der Waals surface area contributed by atoms with Gasteiger partial charge in [0, 0.05) is 204 Å². The van der Waals surface area contributed by atoms with Crippen molar-refractivity contribution in [3.8, 4) is 0 Å². The number of alkyl halides is 3. The largest absolute Gasteiger partial charge is 0.400 e. The molecule has 3 unspecified atom stereocenters. The number of fused-ring (bicyclic) bond motifs is 6. The van der Waals surface area contributed by atoms with Gasteiger partial charge in [0.2, 0.25) is 0 Å². The summed E-state index contributed by atoms with van der Waals surface area (Å²) in [5, 5.41) is 55.1. The Morgan fingerprint density at radius 3 is 1.06 bits per heavy atom. The second kappa shape index (κ2) is 36.9. The van der Waals surface area contributed by atoms with Gasteiger partial charge in [0.1, 0.15) is 5.41 Å². The summed E-state index contributed by atoms with van der Waals surface area (Å²) in [6, 6.07) is 34.9. The molecular weight excluding hydrogens is 1690 g/mol. The molecule has 10 aromatic rings. The molecule has 10 N–H and O–H groups in total. The summed E-state index contributed by atoms with van der Waals surface area (Å²) in [4.78, 5) is 71.8. The number of ether oxygens (including phenoxy) is 1. The van der Waals surface area contributed by atoms with Crippen LogP contribution in [0.5, 0.6) is 0 Å². The highest BCUT2D eigenvalue weighted by molar-refractivity contribution is 6.32. The van der Waals surface area contributed by atoms with Crippen LogP contribution in [-0.2, 0) is 80.4 Å². The number of anilines is 5. The van der Waals surface area contributed by atoms with Gasteiger partial charge in [-0.15, -0.1) is 0 Å². The van der Waals surface area contributed by atoms with E-state index >= 15 is 0 Å². The predicted octanol–water partition coefficient (Wildman–Crippen LogP) is 20.1. The minimum absolute atomic E-state index is 0.0419. The van der Waals surface area contributed by atoms with Crippen LogP contribution in [0.4, 0.5) is 65.6 Å². The smallest absolute Gasteiger partial charge is 0.381 e. The number of carbonyl (C=O) groups is 5. The van der Waals surface area contributed by atoms with Gasteiger partial charge in [0.05, 0.1) is 67.8 Å². The van der Waals surface area contributed by atoms with Crippen molar-refractivity contribution >= 4 is 117 Å². The van der Waals surface area contributed by atoms with Gasteiger partial charge in [-0.1, -0.05) is 120 Å². The van der Waals surface area contributed by atoms with Gasteiger partial charge >= 0.3 is 36.3 Å². The molecule has 650 valence electrons. The molecule has 34 heteroatoms. The van der Waals surface area contributed by atoms with E-state index in [4.69, 9.17) is 62.7 Å². The number of aromatic amines is 5. The monoisotopic (exact) mass is 1790 g/mol. The summed E-state index contributed by atoms with van der Waals surface area (Å²) in [7, 11) is 0. The SMILES string of the molecule is CC1(c2n[nH]c3c2CN(C(=O)Nc2cccc(Cl)c2)CC3)CCCC1.O=C(Nc1cccc(Cl)c1)N1CCc2[nH]nc(C3(C(F)(F)F)CC3)c2C1.O=C(Nc1cccc(Cl)c1)N1CCc2[nH]nc(C3CC4CC4C3)c2C1.O=C(Nc1cccc(Cl)c1)N1CCc2[nH]nc(C3CC=CC3)c2C1.O=C(Nc1cccc(Cl)c1)N1CCc2[nH]nc(C3CCOC3)c2C1. The molecule has 0 spiro atoms. The van der Waals surface area contributed by atoms with E-state index in [0.717, 1.165) is 97.4 Å². The van der Waals surface area contributed by atoms with Crippen LogP contribution in [0.15, 0.2) is 133 Å². The molecule has 5 aliphatic carbocycles. The summed E-state index contributed by atoms with van der Waals surface area (Å²) in [5.74, 6) is 3.23. The summed E-state index contributed by atoms with van der Waals surface area (Å²) >= 11 is 29.8. The molecule has 0 bridgehead atoms. The van der Waals surface area contributed by atoms with E-state index in [2.05, 4.69) is 96.6 Å². The van der Waals surface area contributed by atoms with Gasteiger partial charge in [-0.3, -0.25) is 25.5 Å². The van der Waals surface area contributed by atoms with E-state index in [1.165, 1.54) is 95.0 Å². The summed E-state index contributed by atoms with van der Waals surface area (Å²) in [5.41, 5.74) is 17.0. The zero-order valence-electron chi connectivity index (χ0n) is 68.5. The molecule has 6 aliphatic heterocycles. The molecule has 3 atom stereocenters. The number of carbonyl (C=O) groups excluding carboxylic acids is 5. The summed E-state index contributed by atoms with van der Waals surface area (Å²) in [6.45, 7) is 9.49. The second-order valence-electron chi connectivity index (χ2n) is 34.3. The number of halogens is 8. The number of hydrogen-bond donors (Lipinski definition) is 10. The lowest BCUT2D eigenvalue weighted by molar-refractivity contribution is -0.161. The van der Waals surface area contributed by atoms with Crippen molar-refractivity contribution < 1.29 is 41.9 Å². The van der Waals surface area contributed by atoms with Gasteiger partial charge in [-0.2, -0.15) is 38.7 Å². The fraction of sp³-hybridized carbons (Fsp3) is 0.422. The quantitative estimate of drug-likeness (QED) is 0.0574. The average Bonchev–Trinajstić information content (AvgIpc) is 1.56. The summed E-state index contributed by atoms with van der Waals surface area (Å²) < 4.78 is 45.8. The Labute approximate surface area is 740 Å². The van der Waals surface area contributed by atoms with Crippen LogP contribution < -0.4 is 26.6 Å². The minimum Gasteiger partial charge on any atom is -0.381 e. The number of allylic oxidation sites excluding steroid dienone is 2. The number of aromatic nitrogens is 10. The number of amides is 10. The van der Waals surface area contributed by atoms with Crippen LogP contribution in [0, 0.1) is 11.8 Å². The summed E-state index contributed by atoms with van der Waals surface area (Å²) in [6.07, 6.45) is 15.8. The maximum atomic E-state index is 13.5. The van der Waals surface area contributed by atoms with E-state index < -0.39 is 11.6 Å². The number of hydrogen-bond acceptors (Lipinski definition) is 11. The Hall–Kier alpha value is -10.6. The Morgan fingerprint density at radius 2 is 0.726 bits per heavy atom. The Morgan fingerprint density at radius 1 is 0.411 bits per heavy atom. The minimum atomic E-state index is -4.33. The topological polar surface area (TPSA) is 314 Å². The number of H-pyrrole nitrogens is 5. The third-order valence-corrected chi connectivity index (χ3v) is 27.1. The van der Waals surface area contributed by atoms with Crippen molar-refractivity contribution in [1.82, 2.24) is 75.5 Å². The first-order valence-electron chi connectivity index (χ1n) is 42.6. The highest BCUT2D eigenvalue weighted by atomic mass is 35.5. The van der Waals surface area contributed by atoms with Crippen LogP contribution in [0.25, 0.3) is 0 Å². The molecule has 11 heterocycles. The van der Waals surface area contributed by atoms with Crippen LogP contribution in [-0.4, -0.2) is 158 Å². The number of benzene rings is 5. The van der Waals surface area contributed by atoms with Crippen LogP contribution >= 0.6 is 58.0 Å². The van der Waals surface area contributed by atoms with Crippen LogP contribution in [0.3, 0.4) is 0 Å². The third-order valence-electron chi connectivity index (χ3n) is 25.9. The average molecular weight is 1790 g/mol. The number of nitrogens with one attached hydrogen (secondary N) is 10. The molecule has 10 amide bonds. The van der Waals surface area contributed by atoms with Crippen molar-refractivity contribution in [2.45, 2.75) is 184 Å². The molecular formula is C90H98Cl5F3N20O6. The zero-order valence-corrected chi connectivity index (χ0v) is 72.3. The van der Waals surface area contributed by atoms with E-state index in [9.17, 15) is 37.1 Å². The predicted molar refractivity (Wildman–Crippen MR) is 472 cm³/mol. The first-order chi connectivity index (χ1) is 59.9. The van der Waals surface area contributed by atoms with Gasteiger partial charge < -0.3 is 55.8 Å². The van der Waals surface area contributed by atoms with Crippen LogP contribution in [0.1, 0.15) is 186 Å². The molecule has 124 heavy (non-hydrogen) atoms. The van der Waals surface area contributed by atoms with Crippen molar-refractivity contribution in [3.05, 3.63) is 243 Å². The number of nitrogens with zero attached hydrogens (tertiary/aromatic N) is 10. The van der Waals surface area contributed by atoms with Crippen molar-refractivity contribution in [2.75, 3.05) is 72.5 Å². The molecule has 5 aromatic carbocycles. The lowest BCUT2D eigenvalue weighted by atomic mass is 9.82. The number of urea groups is 5. The maximum absolute atomic E-state index is 13.5. The van der Waals surface area contributed by atoms with Crippen molar-refractivity contribution in [2.24, 2.45) is 11.8 Å². The van der Waals surface area contributed by atoms with E-state index in [-0.39, 0.29) is 60.7 Å². The van der Waals surface area contributed by atoms with E-state index in [1.807, 2.05) is 68.1 Å². The fourth-order valence-electron chi connectivity index (χ4n) is 18.9. The van der Waals surface area contributed by atoms with Gasteiger partial charge in [-0.05, 0) is 167 Å².